The van der Waals surface area contributed by atoms with Crippen LogP contribution in [0.25, 0.3) is 0 Å². The lowest BCUT2D eigenvalue weighted by molar-refractivity contribution is -0.00210. The molecule has 0 aromatic heterocycles. The van der Waals surface area contributed by atoms with Crippen LogP contribution in [0.4, 0.5) is 4.39 Å². The van der Waals surface area contributed by atoms with E-state index in [9.17, 15) is 9.18 Å². The van der Waals surface area contributed by atoms with Gasteiger partial charge in [-0.15, -0.1) is 0 Å². The second kappa shape index (κ2) is 7.22. The molecule has 4 nitrogen and oxygen atoms in total. The van der Waals surface area contributed by atoms with Crippen LogP contribution in [0, 0.1) is 5.82 Å². The fourth-order valence-corrected chi connectivity index (χ4v) is 4.30. The molecule has 1 spiro atoms. The predicted molar refractivity (Wildman–Crippen MR) is 101 cm³/mol. The molecule has 4 rings (SSSR count). The van der Waals surface area contributed by atoms with Gasteiger partial charge in [0.1, 0.15) is 11.4 Å². The molecule has 1 N–H and O–H groups in total. The summed E-state index contributed by atoms with van der Waals surface area (Å²) >= 11 is 0. The van der Waals surface area contributed by atoms with Crippen LogP contribution >= 0.6 is 0 Å². The lowest BCUT2D eigenvalue weighted by atomic mass is 9.77. The summed E-state index contributed by atoms with van der Waals surface area (Å²) in [6.45, 7) is 0. The van der Waals surface area contributed by atoms with Gasteiger partial charge in [-0.1, -0.05) is 24.6 Å². The van der Waals surface area contributed by atoms with Gasteiger partial charge in [0.05, 0.1) is 13.2 Å². The summed E-state index contributed by atoms with van der Waals surface area (Å²) < 4.78 is 25.3. The van der Waals surface area contributed by atoms with Crippen LogP contribution in [0.1, 0.15) is 60.5 Å². The fourth-order valence-electron chi connectivity index (χ4n) is 4.30. The number of para-hydroxylation sites is 1. The van der Waals surface area contributed by atoms with Crippen LogP contribution < -0.4 is 14.8 Å². The van der Waals surface area contributed by atoms with Crippen molar-refractivity contribution in [2.75, 3.05) is 7.11 Å². The van der Waals surface area contributed by atoms with Crippen LogP contribution in [0.15, 0.2) is 42.5 Å². The van der Waals surface area contributed by atoms with Gasteiger partial charge in [0.2, 0.25) is 0 Å². The molecule has 0 unspecified atom stereocenters. The number of ether oxygens (including phenoxy) is 2. The molecule has 1 atom stereocenters. The maximum absolute atomic E-state index is 14.0. The number of methoxy groups -OCH3 is 1. The van der Waals surface area contributed by atoms with Crippen molar-refractivity contribution in [3.8, 4) is 11.5 Å². The largest absolute Gasteiger partial charge is 0.494 e. The van der Waals surface area contributed by atoms with E-state index in [1.807, 2.05) is 24.3 Å². The lowest BCUT2D eigenvalue weighted by Gasteiger charge is -2.44. The quantitative estimate of drug-likeness (QED) is 0.846. The van der Waals surface area contributed by atoms with Gasteiger partial charge in [-0.05, 0) is 49.9 Å². The van der Waals surface area contributed by atoms with Gasteiger partial charge in [0, 0.05) is 17.5 Å². The Labute approximate surface area is 158 Å². The van der Waals surface area contributed by atoms with E-state index >= 15 is 0 Å². The van der Waals surface area contributed by atoms with Crippen molar-refractivity contribution >= 4 is 5.91 Å². The molecular formula is C22H24FNO3. The zero-order valence-corrected chi connectivity index (χ0v) is 15.5. The fraction of sp³-hybridized carbons (Fsp3) is 0.409. The van der Waals surface area contributed by atoms with Gasteiger partial charge in [-0.3, -0.25) is 4.79 Å². The number of hydrogen-bond donors (Lipinski definition) is 1. The van der Waals surface area contributed by atoms with E-state index in [1.54, 1.807) is 6.07 Å². The minimum Gasteiger partial charge on any atom is -0.494 e. The van der Waals surface area contributed by atoms with Gasteiger partial charge < -0.3 is 14.8 Å². The first-order chi connectivity index (χ1) is 13.1. The van der Waals surface area contributed by atoms with Crippen molar-refractivity contribution in [1.29, 1.82) is 0 Å². The molecule has 2 aromatic carbocycles. The summed E-state index contributed by atoms with van der Waals surface area (Å²) in [6.07, 6.45) is 6.28. The molecule has 142 valence electrons. The minimum atomic E-state index is -0.540. The first kappa shape index (κ1) is 17.8. The molecule has 1 amide bonds. The van der Waals surface area contributed by atoms with Gasteiger partial charge in [0.25, 0.3) is 5.91 Å². The minimum absolute atomic E-state index is 0.129. The number of hydrogen-bond acceptors (Lipinski definition) is 3. The Kier molecular flexibility index (Phi) is 4.77. The first-order valence-electron chi connectivity index (χ1n) is 9.53. The normalized spacial score (nSPS) is 20.4. The molecule has 1 aliphatic heterocycles. The Balaban J connectivity index is 1.60. The van der Waals surface area contributed by atoms with E-state index in [2.05, 4.69) is 5.32 Å². The van der Waals surface area contributed by atoms with E-state index in [1.165, 1.54) is 25.7 Å². The van der Waals surface area contributed by atoms with Gasteiger partial charge in [0.15, 0.2) is 11.6 Å². The summed E-state index contributed by atoms with van der Waals surface area (Å²) in [5, 5.41) is 3.10. The first-order valence-corrected chi connectivity index (χ1v) is 9.53. The van der Waals surface area contributed by atoms with Crippen molar-refractivity contribution in [3.63, 3.8) is 0 Å². The number of fused-ring (bicyclic) bond motifs is 1. The van der Waals surface area contributed by atoms with E-state index in [-0.39, 0.29) is 28.9 Å². The Morgan fingerprint density at radius 1 is 1.19 bits per heavy atom. The highest BCUT2D eigenvalue weighted by atomic mass is 19.1. The third-order valence-corrected chi connectivity index (χ3v) is 5.68. The van der Waals surface area contributed by atoms with Gasteiger partial charge in [-0.25, -0.2) is 4.39 Å². The van der Waals surface area contributed by atoms with Gasteiger partial charge in [-0.2, -0.15) is 0 Å². The Hall–Kier alpha value is -2.56. The van der Waals surface area contributed by atoms with Crippen molar-refractivity contribution < 1.29 is 18.7 Å². The topological polar surface area (TPSA) is 47.6 Å². The van der Waals surface area contributed by atoms with Crippen LogP contribution in [-0.2, 0) is 0 Å². The van der Waals surface area contributed by atoms with E-state index < -0.39 is 5.82 Å². The maximum Gasteiger partial charge on any atom is 0.251 e. The zero-order valence-electron chi connectivity index (χ0n) is 15.5. The van der Waals surface area contributed by atoms with E-state index in [0.29, 0.717) is 0 Å². The number of rotatable bonds is 3. The lowest BCUT2D eigenvalue weighted by Crippen LogP contribution is -2.46. The van der Waals surface area contributed by atoms with Crippen LogP contribution in [0.3, 0.4) is 0 Å². The smallest absolute Gasteiger partial charge is 0.251 e. The van der Waals surface area contributed by atoms with Crippen molar-refractivity contribution in [2.45, 2.75) is 50.2 Å². The number of halogens is 1. The molecule has 5 heteroatoms. The zero-order chi connectivity index (χ0) is 18.9. The molecule has 0 radical (unpaired) electrons. The molecule has 1 aliphatic carbocycles. The molecule has 0 bridgehead atoms. The molecule has 0 saturated heterocycles. The van der Waals surface area contributed by atoms with Crippen LogP contribution in [0.5, 0.6) is 11.5 Å². The number of carbonyl (C=O) groups excluding carboxylic acids is 1. The summed E-state index contributed by atoms with van der Waals surface area (Å²) in [4.78, 5) is 12.8. The van der Waals surface area contributed by atoms with Gasteiger partial charge >= 0.3 is 0 Å². The summed E-state index contributed by atoms with van der Waals surface area (Å²) in [6, 6.07) is 12.0. The van der Waals surface area contributed by atoms with E-state index in [4.69, 9.17) is 9.47 Å². The molecule has 2 aromatic rings. The second-order valence-corrected chi connectivity index (χ2v) is 7.46. The standard InChI is InChI=1S/C22H24FNO3/c1-26-20-10-9-15(13-17(20)23)21(25)24-18-14-22(11-5-2-6-12-22)27-19-8-4-3-7-16(18)19/h3-4,7-10,13,18H,2,5-6,11-12,14H2,1H3,(H,24,25)/t18-/m0/s1. The average Bonchev–Trinajstić information content (AvgIpc) is 2.68. The molecule has 1 saturated carbocycles. The van der Waals surface area contributed by atoms with Crippen molar-refractivity contribution in [3.05, 3.63) is 59.4 Å². The highest BCUT2D eigenvalue weighted by molar-refractivity contribution is 5.94. The third-order valence-electron chi connectivity index (χ3n) is 5.68. The SMILES string of the molecule is COc1ccc(C(=O)N[C@H]2CC3(CCCCC3)Oc3ccccc32)cc1F. The third kappa shape index (κ3) is 3.51. The maximum atomic E-state index is 14.0. The van der Waals surface area contributed by atoms with Crippen molar-refractivity contribution in [2.24, 2.45) is 0 Å². The summed E-state index contributed by atoms with van der Waals surface area (Å²) in [7, 11) is 1.40. The molecule has 2 aliphatic rings. The number of benzene rings is 2. The van der Waals surface area contributed by atoms with Crippen LogP contribution in [0.2, 0.25) is 0 Å². The Morgan fingerprint density at radius 2 is 1.96 bits per heavy atom. The number of amides is 1. The highest BCUT2D eigenvalue weighted by Crippen LogP contribution is 2.46. The number of carbonyl (C=O) groups is 1. The summed E-state index contributed by atoms with van der Waals surface area (Å²) in [5.41, 5.74) is 1.06. The monoisotopic (exact) mass is 369 g/mol. The highest BCUT2D eigenvalue weighted by Gasteiger charge is 2.42. The molecule has 1 fully saturated rings. The summed E-state index contributed by atoms with van der Waals surface area (Å²) in [5.74, 6) is 0.145. The average molecular weight is 369 g/mol. The molecular weight excluding hydrogens is 345 g/mol. The second-order valence-electron chi connectivity index (χ2n) is 7.46. The van der Waals surface area contributed by atoms with Crippen LogP contribution in [-0.4, -0.2) is 18.6 Å². The number of nitrogens with one attached hydrogen (secondary N) is 1. The molecule has 1 heterocycles. The molecule has 27 heavy (non-hydrogen) atoms. The van der Waals surface area contributed by atoms with Crippen molar-refractivity contribution in [1.82, 2.24) is 5.32 Å². The Morgan fingerprint density at radius 3 is 2.70 bits per heavy atom. The predicted octanol–water partition coefficient (Wildman–Crippen LogP) is 4.79. The van der Waals surface area contributed by atoms with E-state index in [0.717, 1.165) is 43.4 Å². The Bertz CT molecular complexity index is 845.